The van der Waals surface area contributed by atoms with Crippen molar-refractivity contribution >= 4 is 5.97 Å². The number of carbonyl (C=O) groups excluding carboxylic acids is 1. The Morgan fingerprint density at radius 3 is 1.67 bits per heavy atom. The van der Waals surface area contributed by atoms with Gasteiger partial charge in [-0.1, -0.05) is 6.58 Å². The molecule has 0 atom stereocenters. The summed E-state index contributed by atoms with van der Waals surface area (Å²) in [6.45, 7) is 2.78. The van der Waals surface area contributed by atoms with E-state index >= 15 is 0 Å². The molecule has 1 heterocycles. The van der Waals surface area contributed by atoms with E-state index in [4.69, 9.17) is 0 Å². The molecule has 0 bridgehead atoms. The number of esters is 1. The second-order valence-electron chi connectivity index (χ2n) is 2.99. The van der Waals surface area contributed by atoms with E-state index in [0.717, 1.165) is 0 Å². The maximum Gasteiger partial charge on any atom is 0.437 e. The summed E-state index contributed by atoms with van der Waals surface area (Å²) in [5.74, 6) is -1.68. The van der Waals surface area contributed by atoms with E-state index in [9.17, 15) is 31.1 Å². The summed E-state index contributed by atoms with van der Waals surface area (Å²) >= 11 is 0. The zero-order valence-electron chi connectivity index (χ0n) is 7.00. The number of cyclic esters (lactones) is 1. The molecule has 1 saturated heterocycles. The Bertz CT molecular complexity index is 280. The van der Waals surface area contributed by atoms with Gasteiger partial charge in [0.25, 0.3) is 0 Å². The van der Waals surface area contributed by atoms with Gasteiger partial charge in [0.1, 0.15) is 0 Å². The lowest BCUT2D eigenvalue weighted by molar-refractivity contribution is -0.360. The molecular weight excluding hydrogens is 230 g/mol. The predicted molar refractivity (Wildman–Crippen MR) is 34.7 cm³/mol. The fourth-order valence-electron chi connectivity index (χ4n) is 1.12. The highest BCUT2D eigenvalue weighted by Crippen LogP contribution is 2.52. The molecule has 8 heteroatoms. The van der Waals surface area contributed by atoms with Gasteiger partial charge in [0.2, 0.25) is 0 Å². The van der Waals surface area contributed by atoms with E-state index in [1.807, 2.05) is 0 Å². The van der Waals surface area contributed by atoms with Gasteiger partial charge in [0.05, 0.1) is 0 Å². The van der Waals surface area contributed by atoms with Crippen LogP contribution in [0.15, 0.2) is 12.2 Å². The van der Waals surface area contributed by atoms with Crippen LogP contribution in [-0.4, -0.2) is 23.9 Å². The van der Waals surface area contributed by atoms with Crippen LogP contribution in [-0.2, 0) is 9.53 Å². The number of ether oxygens (including phenoxy) is 1. The zero-order chi connectivity index (χ0) is 12.1. The standard InChI is InChI=1S/C7H4F6O2/c1-3-2-5(6(8,9)10,7(11,12)13)15-4(3)14/h1-2H2. The number of hydrogen-bond acceptors (Lipinski definition) is 2. The summed E-state index contributed by atoms with van der Waals surface area (Å²) < 4.78 is 76.7. The molecule has 0 amide bonds. The summed E-state index contributed by atoms with van der Waals surface area (Å²) in [6, 6.07) is 0. The maximum absolute atomic E-state index is 12.2. The van der Waals surface area contributed by atoms with E-state index in [1.165, 1.54) is 0 Å². The van der Waals surface area contributed by atoms with Gasteiger partial charge in [-0.05, 0) is 0 Å². The average molecular weight is 234 g/mol. The summed E-state index contributed by atoms with van der Waals surface area (Å²) in [5.41, 5.74) is -5.28. The molecule has 0 aromatic heterocycles. The second kappa shape index (κ2) is 2.89. The largest absolute Gasteiger partial charge is 0.437 e. The SMILES string of the molecule is C=C1CC(C(F)(F)F)(C(F)(F)F)OC1=O. The van der Waals surface area contributed by atoms with Crippen LogP contribution >= 0.6 is 0 Å². The third-order valence-corrected chi connectivity index (χ3v) is 1.93. The molecule has 0 radical (unpaired) electrons. The van der Waals surface area contributed by atoms with E-state index in [0.29, 0.717) is 0 Å². The highest BCUT2D eigenvalue weighted by Gasteiger charge is 2.76. The molecule has 1 rings (SSSR count). The van der Waals surface area contributed by atoms with Gasteiger partial charge in [-0.25, -0.2) is 4.79 Å². The fraction of sp³-hybridized carbons (Fsp3) is 0.571. The van der Waals surface area contributed by atoms with E-state index in [1.54, 1.807) is 0 Å². The first-order chi connectivity index (χ1) is 6.51. The molecule has 0 N–H and O–H groups in total. The van der Waals surface area contributed by atoms with Gasteiger partial charge in [-0.2, -0.15) is 26.3 Å². The molecule has 1 aliphatic rings. The Labute approximate surface area is 79.5 Å². The Morgan fingerprint density at radius 2 is 1.53 bits per heavy atom. The van der Waals surface area contributed by atoms with Gasteiger partial charge >= 0.3 is 23.9 Å². The lowest BCUT2D eigenvalue weighted by atomic mass is 9.97. The van der Waals surface area contributed by atoms with Gasteiger partial charge in [-0.3, -0.25) is 0 Å². The van der Waals surface area contributed by atoms with Gasteiger partial charge in [0.15, 0.2) is 0 Å². The minimum atomic E-state index is -5.71. The van der Waals surface area contributed by atoms with Crippen molar-refractivity contribution in [2.45, 2.75) is 24.4 Å². The zero-order valence-corrected chi connectivity index (χ0v) is 7.00. The average Bonchev–Trinajstić information content (AvgIpc) is 2.26. The number of alkyl halides is 6. The number of halogens is 6. The van der Waals surface area contributed by atoms with Crippen LogP contribution in [0.25, 0.3) is 0 Å². The van der Waals surface area contributed by atoms with Crippen molar-refractivity contribution < 1.29 is 35.9 Å². The summed E-state index contributed by atoms with van der Waals surface area (Å²) in [7, 11) is 0. The molecule has 15 heavy (non-hydrogen) atoms. The summed E-state index contributed by atoms with van der Waals surface area (Å²) in [4.78, 5) is 10.6. The smallest absolute Gasteiger partial charge is 0.436 e. The Kier molecular flexibility index (Phi) is 2.29. The summed E-state index contributed by atoms with van der Waals surface area (Å²) in [5, 5.41) is 0. The van der Waals surface area contributed by atoms with Crippen LogP contribution in [0.4, 0.5) is 26.3 Å². The van der Waals surface area contributed by atoms with Crippen molar-refractivity contribution in [2.24, 2.45) is 0 Å². The molecule has 0 unspecified atom stereocenters. The molecule has 0 aromatic carbocycles. The van der Waals surface area contributed by atoms with Crippen LogP contribution < -0.4 is 0 Å². The lowest BCUT2D eigenvalue weighted by Crippen LogP contribution is -2.56. The van der Waals surface area contributed by atoms with E-state index in [2.05, 4.69) is 11.3 Å². The van der Waals surface area contributed by atoms with Crippen LogP contribution in [0.3, 0.4) is 0 Å². The van der Waals surface area contributed by atoms with Crippen molar-refractivity contribution in [3.05, 3.63) is 12.2 Å². The topological polar surface area (TPSA) is 26.3 Å². The van der Waals surface area contributed by atoms with E-state index < -0.39 is 35.9 Å². The third kappa shape index (κ3) is 1.57. The molecule has 0 aliphatic carbocycles. The van der Waals surface area contributed by atoms with Crippen LogP contribution in [0.1, 0.15) is 6.42 Å². The number of carbonyl (C=O) groups is 1. The molecule has 0 spiro atoms. The molecule has 86 valence electrons. The lowest BCUT2D eigenvalue weighted by Gasteiger charge is -2.31. The fourth-order valence-corrected chi connectivity index (χ4v) is 1.12. The van der Waals surface area contributed by atoms with Crippen LogP contribution in [0, 0.1) is 0 Å². The minimum absolute atomic E-state index is 0.843. The maximum atomic E-state index is 12.2. The van der Waals surface area contributed by atoms with Gasteiger partial charge < -0.3 is 4.74 Å². The first-order valence-corrected chi connectivity index (χ1v) is 3.56. The second-order valence-corrected chi connectivity index (χ2v) is 2.99. The Hall–Kier alpha value is -1.21. The third-order valence-electron chi connectivity index (χ3n) is 1.93. The minimum Gasteiger partial charge on any atom is -0.436 e. The molecule has 1 fully saturated rings. The Balaban J connectivity index is 3.24. The highest BCUT2D eigenvalue weighted by atomic mass is 19.4. The summed E-state index contributed by atoms with van der Waals surface area (Å²) in [6.07, 6.45) is -13.0. The van der Waals surface area contributed by atoms with Gasteiger partial charge in [-0.15, -0.1) is 0 Å². The van der Waals surface area contributed by atoms with Crippen molar-refractivity contribution in [1.29, 1.82) is 0 Å². The molecule has 1 aliphatic heterocycles. The predicted octanol–water partition coefficient (Wildman–Crippen LogP) is 2.35. The Morgan fingerprint density at radius 1 is 1.13 bits per heavy atom. The molecule has 2 nitrogen and oxygen atoms in total. The van der Waals surface area contributed by atoms with E-state index in [-0.39, 0.29) is 0 Å². The van der Waals surface area contributed by atoms with Crippen molar-refractivity contribution in [1.82, 2.24) is 0 Å². The van der Waals surface area contributed by atoms with Crippen molar-refractivity contribution in [2.75, 3.05) is 0 Å². The van der Waals surface area contributed by atoms with Crippen molar-refractivity contribution in [3.8, 4) is 0 Å². The normalized spacial score (nSPS) is 21.7. The van der Waals surface area contributed by atoms with Crippen LogP contribution in [0.5, 0.6) is 0 Å². The van der Waals surface area contributed by atoms with Crippen molar-refractivity contribution in [3.63, 3.8) is 0 Å². The van der Waals surface area contributed by atoms with Gasteiger partial charge in [0, 0.05) is 12.0 Å². The molecular formula is C7H4F6O2. The van der Waals surface area contributed by atoms with Crippen LogP contribution in [0.2, 0.25) is 0 Å². The monoisotopic (exact) mass is 234 g/mol. The molecule has 0 aromatic rings. The first-order valence-electron chi connectivity index (χ1n) is 3.56. The first kappa shape index (κ1) is 11.9. The number of rotatable bonds is 0. The quantitative estimate of drug-likeness (QED) is 0.365. The number of hydrogen-bond donors (Lipinski definition) is 0. The molecule has 0 saturated carbocycles. The highest BCUT2D eigenvalue weighted by molar-refractivity contribution is 5.90.